The van der Waals surface area contributed by atoms with Gasteiger partial charge in [-0.1, -0.05) is 0 Å². The van der Waals surface area contributed by atoms with E-state index >= 15 is 0 Å². The van der Waals surface area contributed by atoms with Crippen molar-refractivity contribution < 1.29 is 23.7 Å². The van der Waals surface area contributed by atoms with Crippen LogP contribution in [0.25, 0.3) is 0 Å². The molecule has 0 radical (unpaired) electrons. The highest BCUT2D eigenvalue weighted by Crippen LogP contribution is 2.44. The quantitative estimate of drug-likeness (QED) is 0.779. The molecule has 7 nitrogen and oxygen atoms in total. The number of benzene rings is 1. The molecule has 26 heavy (non-hydrogen) atoms. The molecule has 1 aliphatic heterocycles. The number of fused-ring (bicyclic) bond motifs is 1. The third-order valence-electron chi connectivity index (χ3n) is 4.70. The number of esters is 1. The van der Waals surface area contributed by atoms with E-state index in [9.17, 15) is 9.59 Å². The summed E-state index contributed by atoms with van der Waals surface area (Å²) in [6, 6.07) is 5.22. The number of ether oxygens (including phenoxy) is 4. The molecule has 138 valence electrons. The summed E-state index contributed by atoms with van der Waals surface area (Å²) in [7, 11) is 6.26. The Morgan fingerprint density at radius 3 is 2.19 bits per heavy atom. The lowest BCUT2D eigenvalue weighted by Gasteiger charge is -2.26. The van der Waals surface area contributed by atoms with E-state index in [4.69, 9.17) is 18.9 Å². The second-order valence-corrected chi connectivity index (χ2v) is 6.12. The fourth-order valence-corrected chi connectivity index (χ4v) is 3.24. The van der Waals surface area contributed by atoms with Crippen molar-refractivity contribution in [2.75, 3.05) is 21.3 Å². The summed E-state index contributed by atoms with van der Waals surface area (Å²) in [4.78, 5) is 25.0. The molecular formula is C19H21NO6. The molecule has 0 saturated heterocycles. The standard InChI is InChI=1S/C19H21NO6/c1-10-6-13-17(19(22)20(10)2)12(9-16(21)26-13)11-7-14(23-3)18(25-5)15(8-11)24-4/h6-8,12H,9H2,1-5H3/t12-/m0/s1. The van der Waals surface area contributed by atoms with Crippen molar-refractivity contribution in [1.82, 2.24) is 4.57 Å². The fraction of sp³-hybridized carbons (Fsp3) is 0.368. The van der Waals surface area contributed by atoms with Gasteiger partial charge in [-0.25, -0.2) is 0 Å². The summed E-state index contributed by atoms with van der Waals surface area (Å²) >= 11 is 0. The molecule has 0 fully saturated rings. The Morgan fingerprint density at radius 1 is 1.04 bits per heavy atom. The zero-order chi connectivity index (χ0) is 19.0. The highest BCUT2D eigenvalue weighted by atomic mass is 16.5. The van der Waals surface area contributed by atoms with Crippen molar-refractivity contribution in [3.8, 4) is 23.0 Å². The molecule has 0 unspecified atom stereocenters. The number of hydrogen-bond donors (Lipinski definition) is 0. The van der Waals surface area contributed by atoms with E-state index in [1.54, 1.807) is 36.7 Å². The number of rotatable bonds is 4. The maximum Gasteiger partial charge on any atom is 0.312 e. The first-order valence-corrected chi connectivity index (χ1v) is 8.12. The lowest BCUT2D eigenvalue weighted by Crippen LogP contribution is -2.32. The van der Waals surface area contributed by atoms with Crippen molar-refractivity contribution in [3.63, 3.8) is 0 Å². The van der Waals surface area contributed by atoms with E-state index < -0.39 is 5.92 Å². The maximum absolute atomic E-state index is 12.8. The number of carbonyl (C=O) groups is 1. The average molecular weight is 359 g/mol. The van der Waals surface area contributed by atoms with Gasteiger partial charge in [0.15, 0.2) is 11.5 Å². The first-order chi connectivity index (χ1) is 12.4. The van der Waals surface area contributed by atoms with Gasteiger partial charge in [-0.05, 0) is 24.6 Å². The average Bonchev–Trinajstić information content (AvgIpc) is 2.63. The molecule has 7 heteroatoms. The number of aromatic nitrogens is 1. The molecule has 2 aromatic rings. The van der Waals surface area contributed by atoms with E-state index in [0.29, 0.717) is 34.3 Å². The Bertz CT molecular complexity index is 905. The lowest BCUT2D eigenvalue weighted by atomic mass is 9.86. The largest absolute Gasteiger partial charge is 0.493 e. The maximum atomic E-state index is 12.8. The van der Waals surface area contributed by atoms with Crippen LogP contribution in [0.1, 0.15) is 29.2 Å². The van der Waals surface area contributed by atoms with Crippen LogP contribution in [-0.2, 0) is 11.8 Å². The van der Waals surface area contributed by atoms with Crippen LogP contribution < -0.4 is 24.5 Å². The fourth-order valence-electron chi connectivity index (χ4n) is 3.24. The smallest absolute Gasteiger partial charge is 0.312 e. The summed E-state index contributed by atoms with van der Waals surface area (Å²) in [5.74, 6) is 0.843. The first kappa shape index (κ1) is 17.8. The minimum absolute atomic E-state index is 0.0595. The highest BCUT2D eigenvalue weighted by Gasteiger charge is 2.33. The molecule has 0 aliphatic carbocycles. The Balaban J connectivity index is 2.25. The SMILES string of the molecule is COc1cc([C@@H]2CC(=O)Oc3cc(C)n(C)c(=O)c32)cc(OC)c1OC. The molecule has 1 atom stereocenters. The Morgan fingerprint density at radius 2 is 1.65 bits per heavy atom. The third kappa shape index (κ3) is 2.79. The molecule has 1 aromatic heterocycles. The number of nitrogens with zero attached hydrogens (tertiary/aromatic N) is 1. The van der Waals surface area contributed by atoms with Crippen LogP contribution in [0.2, 0.25) is 0 Å². The molecule has 1 aromatic carbocycles. The van der Waals surface area contributed by atoms with E-state index in [2.05, 4.69) is 0 Å². The molecule has 0 spiro atoms. The summed E-state index contributed by atoms with van der Waals surface area (Å²) in [6.07, 6.45) is 0.0595. The van der Waals surface area contributed by atoms with Gasteiger partial charge in [0.05, 0.1) is 33.3 Å². The van der Waals surface area contributed by atoms with E-state index in [0.717, 1.165) is 5.56 Å². The molecule has 2 heterocycles. The zero-order valence-electron chi connectivity index (χ0n) is 15.4. The zero-order valence-corrected chi connectivity index (χ0v) is 15.4. The number of methoxy groups -OCH3 is 3. The summed E-state index contributed by atoms with van der Waals surface area (Å²) < 4.78 is 23.0. The number of aryl methyl sites for hydroxylation is 1. The Kier molecular flexibility index (Phi) is 4.63. The molecule has 3 rings (SSSR count). The van der Waals surface area contributed by atoms with Crippen LogP contribution in [-0.4, -0.2) is 31.9 Å². The third-order valence-corrected chi connectivity index (χ3v) is 4.70. The van der Waals surface area contributed by atoms with Crippen molar-refractivity contribution >= 4 is 5.97 Å². The van der Waals surface area contributed by atoms with Gasteiger partial charge >= 0.3 is 5.97 Å². The minimum atomic E-state index is -0.459. The van der Waals surface area contributed by atoms with Crippen LogP contribution in [0.4, 0.5) is 0 Å². The van der Waals surface area contributed by atoms with Gasteiger partial charge in [0.2, 0.25) is 5.75 Å². The number of pyridine rings is 1. The number of hydrogen-bond acceptors (Lipinski definition) is 6. The highest BCUT2D eigenvalue weighted by molar-refractivity contribution is 5.78. The van der Waals surface area contributed by atoms with Crippen LogP contribution in [0.5, 0.6) is 23.0 Å². The van der Waals surface area contributed by atoms with Gasteiger partial charge in [-0.3, -0.25) is 9.59 Å². The van der Waals surface area contributed by atoms with Crippen LogP contribution in [0.15, 0.2) is 23.0 Å². The predicted octanol–water partition coefficient (Wildman–Crippen LogP) is 2.16. The van der Waals surface area contributed by atoms with Gasteiger partial charge in [-0.2, -0.15) is 0 Å². The van der Waals surface area contributed by atoms with Crippen LogP contribution in [0.3, 0.4) is 0 Å². The van der Waals surface area contributed by atoms with E-state index in [-0.39, 0.29) is 17.9 Å². The molecule has 0 N–H and O–H groups in total. The first-order valence-electron chi connectivity index (χ1n) is 8.12. The molecule has 1 aliphatic rings. The van der Waals surface area contributed by atoms with Crippen LogP contribution >= 0.6 is 0 Å². The van der Waals surface area contributed by atoms with Gasteiger partial charge in [0.1, 0.15) is 5.75 Å². The van der Waals surface area contributed by atoms with Gasteiger partial charge in [0, 0.05) is 24.7 Å². The number of carbonyl (C=O) groups excluding carboxylic acids is 1. The predicted molar refractivity (Wildman–Crippen MR) is 94.6 cm³/mol. The second kappa shape index (κ2) is 6.74. The van der Waals surface area contributed by atoms with E-state index in [1.165, 1.54) is 21.3 Å². The summed E-state index contributed by atoms with van der Waals surface area (Å²) in [5, 5.41) is 0. The monoisotopic (exact) mass is 359 g/mol. The van der Waals surface area contributed by atoms with Gasteiger partial charge < -0.3 is 23.5 Å². The van der Waals surface area contributed by atoms with Crippen molar-refractivity contribution in [3.05, 3.63) is 45.4 Å². The molecule has 0 saturated carbocycles. The topological polar surface area (TPSA) is 76.0 Å². The summed E-state index contributed by atoms with van der Waals surface area (Å²) in [6.45, 7) is 1.79. The Labute approximate surface area is 151 Å². The normalized spacial score (nSPS) is 15.9. The van der Waals surface area contributed by atoms with Crippen LogP contribution in [0, 0.1) is 6.92 Å². The molecular weight excluding hydrogens is 338 g/mol. The van der Waals surface area contributed by atoms with Crippen molar-refractivity contribution in [2.24, 2.45) is 7.05 Å². The Hall–Kier alpha value is -2.96. The van der Waals surface area contributed by atoms with Gasteiger partial charge in [-0.15, -0.1) is 0 Å². The van der Waals surface area contributed by atoms with Gasteiger partial charge in [0.25, 0.3) is 5.56 Å². The summed E-state index contributed by atoms with van der Waals surface area (Å²) in [5.41, 5.74) is 1.70. The molecule has 0 amide bonds. The molecule has 0 bridgehead atoms. The van der Waals surface area contributed by atoms with Crippen molar-refractivity contribution in [1.29, 1.82) is 0 Å². The second-order valence-electron chi connectivity index (χ2n) is 6.12. The van der Waals surface area contributed by atoms with Crippen molar-refractivity contribution in [2.45, 2.75) is 19.3 Å². The minimum Gasteiger partial charge on any atom is -0.493 e. The lowest BCUT2D eigenvalue weighted by molar-refractivity contribution is -0.135. The van der Waals surface area contributed by atoms with E-state index in [1.807, 2.05) is 0 Å².